The van der Waals surface area contributed by atoms with E-state index in [1.807, 2.05) is 0 Å². The van der Waals surface area contributed by atoms with E-state index in [-0.39, 0.29) is 17.5 Å². The summed E-state index contributed by atoms with van der Waals surface area (Å²) in [7, 11) is 0. The third-order valence-corrected chi connectivity index (χ3v) is 4.01. The first-order valence-corrected chi connectivity index (χ1v) is 8.04. The highest BCUT2D eigenvalue weighted by molar-refractivity contribution is 6.37. The molecule has 7 heteroatoms. The minimum atomic E-state index is -0.586. The first-order valence-electron chi connectivity index (χ1n) is 7.28. The molecule has 5 nitrogen and oxygen atoms in total. The van der Waals surface area contributed by atoms with Gasteiger partial charge in [-0.3, -0.25) is 4.79 Å². The van der Waals surface area contributed by atoms with Crippen molar-refractivity contribution in [2.75, 3.05) is 5.32 Å². The van der Waals surface area contributed by atoms with Crippen molar-refractivity contribution < 1.29 is 14.3 Å². The SMILES string of the molecule is CC(=O)Nc1ccc(C2=N/C(=C\c3c(Cl)cccc3Cl)C(=O)O2)cc1. The molecule has 0 spiro atoms. The fourth-order valence-electron chi connectivity index (χ4n) is 2.22. The highest BCUT2D eigenvalue weighted by Crippen LogP contribution is 2.28. The Kier molecular flexibility index (Phi) is 4.88. The van der Waals surface area contributed by atoms with Crippen LogP contribution in [0.25, 0.3) is 6.08 Å². The van der Waals surface area contributed by atoms with Gasteiger partial charge in [0.05, 0.1) is 0 Å². The van der Waals surface area contributed by atoms with Crippen molar-refractivity contribution in [3.05, 3.63) is 69.3 Å². The number of hydrogen-bond acceptors (Lipinski definition) is 4. The summed E-state index contributed by atoms with van der Waals surface area (Å²) < 4.78 is 5.20. The monoisotopic (exact) mass is 374 g/mol. The molecule has 126 valence electrons. The average Bonchev–Trinajstić information content (AvgIpc) is 2.92. The molecular formula is C18H12Cl2N2O3. The summed E-state index contributed by atoms with van der Waals surface area (Å²) in [5.74, 6) is -0.579. The van der Waals surface area contributed by atoms with Gasteiger partial charge in [0, 0.05) is 33.8 Å². The summed E-state index contributed by atoms with van der Waals surface area (Å²) in [6, 6.07) is 11.8. The maximum Gasteiger partial charge on any atom is 0.363 e. The molecule has 1 N–H and O–H groups in total. The Balaban J connectivity index is 1.90. The van der Waals surface area contributed by atoms with Gasteiger partial charge in [-0.2, -0.15) is 0 Å². The molecule has 1 amide bonds. The summed E-state index contributed by atoms with van der Waals surface area (Å²) in [5, 5.41) is 3.48. The van der Waals surface area contributed by atoms with E-state index in [1.54, 1.807) is 42.5 Å². The topological polar surface area (TPSA) is 67.8 Å². The van der Waals surface area contributed by atoms with Gasteiger partial charge in [-0.05, 0) is 42.5 Å². The molecular weight excluding hydrogens is 363 g/mol. The molecule has 0 radical (unpaired) electrons. The summed E-state index contributed by atoms with van der Waals surface area (Å²) in [4.78, 5) is 27.3. The van der Waals surface area contributed by atoms with Gasteiger partial charge in [-0.1, -0.05) is 29.3 Å². The van der Waals surface area contributed by atoms with Gasteiger partial charge < -0.3 is 10.1 Å². The minimum absolute atomic E-state index is 0.107. The number of rotatable bonds is 3. The Hall–Kier alpha value is -2.63. The number of anilines is 1. The van der Waals surface area contributed by atoms with Gasteiger partial charge in [-0.25, -0.2) is 9.79 Å². The van der Waals surface area contributed by atoms with Crippen LogP contribution in [0.4, 0.5) is 5.69 Å². The zero-order chi connectivity index (χ0) is 18.0. The fraction of sp³-hybridized carbons (Fsp3) is 0.0556. The molecule has 0 aromatic heterocycles. The van der Waals surface area contributed by atoms with Gasteiger partial charge >= 0.3 is 5.97 Å². The fourth-order valence-corrected chi connectivity index (χ4v) is 2.72. The molecule has 1 aliphatic rings. The molecule has 0 atom stereocenters. The van der Waals surface area contributed by atoms with E-state index >= 15 is 0 Å². The van der Waals surface area contributed by atoms with Crippen LogP contribution in [-0.2, 0) is 14.3 Å². The van der Waals surface area contributed by atoms with Crippen LogP contribution in [0.3, 0.4) is 0 Å². The number of amides is 1. The van der Waals surface area contributed by atoms with Gasteiger partial charge in [0.1, 0.15) is 0 Å². The number of halogens is 2. The summed E-state index contributed by atoms with van der Waals surface area (Å²) in [6.07, 6.45) is 1.49. The normalized spacial score (nSPS) is 15.1. The number of esters is 1. The van der Waals surface area contributed by atoms with Gasteiger partial charge in [0.2, 0.25) is 11.8 Å². The highest BCUT2D eigenvalue weighted by Gasteiger charge is 2.24. The van der Waals surface area contributed by atoms with Crippen LogP contribution >= 0.6 is 23.2 Å². The third kappa shape index (κ3) is 3.90. The number of nitrogens with one attached hydrogen (secondary N) is 1. The van der Waals surface area contributed by atoms with E-state index in [0.29, 0.717) is 26.9 Å². The average molecular weight is 375 g/mol. The predicted octanol–water partition coefficient (Wildman–Crippen LogP) is 4.30. The molecule has 2 aromatic carbocycles. The Bertz CT molecular complexity index is 898. The number of benzene rings is 2. The van der Waals surface area contributed by atoms with Crippen LogP contribution in [-0.4, -0.2) is 17.8 Å². The Labute approximate surface area is 153 Å². The van der Waals surface area contributed by atoms with Crippen LogP contribution in [0.2, 0.25) is 10.0 Å². The quantitative estimate of drug-likeness (QED) is 0.643. The number of nitrogens with zero attached hydrogens (tertiary/aromatic N) is 1. The van der Waals surface area contributed by atoms with Crippen molar-refractivity contribution >= 4 is 52.7 Å². The van der Waals surface area contributed by atoms with Crippen molar-refractivity contribution in [2.45, 2.75) is 6.92 Å². The van der Waals surface area contributed by atoms with E-state index in [1.165, 1.54) is 13.0 Å². The smallest absolute Gasteiger partial charge is 0.363 e. The van der Waals surface area contributed by atoms with E-state index < -0.39 is 5.97 Å². The first kappa shape index (κ1) is 17.2. The predicted molar refractivity (Wildman–Crippen MR) is 97.8 cm³/mol. The number of hydrogen-bond donors (Lipinski definition) is 1. The van der Waals surface area contributed by atoms with Crippen molar-refractivity contribution in [3.8, 4) is 0 Å². The molecule has 0 saturated carbocycles. The van der Waals surface area contributed by atoms with Gasteiger partial charge in [0.25, 0.3) is 0 Å². The highest BCUT2D eigenvalue weighted by atomic mass is 35.5. The molecule has 0 saturated heterocycles. The van der Waals surface area contributed by atoms with E-state index in [9.17, 15) is 9.59 Å². The first-order chi connectivity index (χ1) is 11.9. The van der Waals surface area contributed by atoms with Crippen LogP contribution in [0.5, 0.6) is 0 Å². The maximum absolute atomic E-state index is 12.0. The lowest BCUT2D eigenvalue weighted by atomic mass is 10.2. The zero-order valence-electron chi connectivity index (χ0n) is 13.0. The lowest BCUT2D eigenvalue weighted by Gasteiger charge is -2.03. The van der Waals surface area contributed by atoms with Crippen LogP contribution < -0.4 is 5.32 Å². The second kappa shape index (κ2) is 7.09. The van der Waals surface area contributed by atoms with Crippen molar-refractivity contribution in [2.24, 2.45) is 4.99 Å². The second-order valence-electron chi connectivity index (χ2n) is 5.23. The Morgan fingerprint density at radius 3 is 2.36 bits per heavy atom. The van der Waals surface area contributed by atoms with Crippen molar-refractivity contribution in [1.29, 1.82) is 0 Å². The number of ether oxygens (including phenoxy) is 1. The Morgan fingerprint density at radius 1 is 1.12 bits per heavy atom. The van der Waals surface area contributed by atoms with Crippen LogP contribution in [0, 0.1) is 0 Å². The summed E-state index contributed by atoms with van der Waals surface area (Å²) in [6.45, 7) is 1.42. The standard InChI is InChI=1S/C18H12Cl2N2O3/c1-10(23)21-12-7-5-11(6-8-12)17-22-16(18(24)25-17)9-13-14(19)3-2-4-15(13)20/h2-9H,1H3,(H,21,23)/b16-9-. The summed E-state index contributed by atoms with van der Waals surface area (Å²) >= 11 is 12.2. The number of cyclic esters (lactones) is 1. The van der Waals surface area contributed by atoms with Gasteiger partial charge in [-0.15, -0.1) is 0 Å². The zero-order valence-corrected chi connectivity index (χ0v) is 14.6. The summed E-state index contributed by atoms with van der Waals surface area (Å²) in [5.41, 5.74) is 1.86. The molecule has 0 aliphatic carbocycles. The van der Waals surface area contributed by atoms with Crippen LogP contribution in [0.15, 0.2) is 53.2 Å². The molecule has 0 unspecified atom stereocenters. The molecule has 1 aliphatic heterocycles. The molecule has 2 aromatic rings. The molecule has 0 bridgehead atoms. The van der Waals surface area contributed by atoms with E-state index in [0.717, 1.165) is 0 Å². The van der Waals surface area contributed by atoms with E-state index in [4.69, 9.17) is 27.9 Å². The Morgan fingerprint density at radius 2 is 1.76 bits per heavy atom. The lowest BCUT2D eigenvalue weighted by Crippen LogP contribution is -2.07. The molecule has 1 heterocycles. The number of aliphatic imine (C=N–C) groups is 1. The van der Waals surface area contributed by atoms with Crippen LogP contribution in [0.1, 0.15) is 18.1 Å². The van der Waals surface area contributed by atoms with E-state index in [2.05, 4.69) is 10.3 Å². The molecule has 3 rings (SSSR count). The molecule has 25 heavy (non-hydrogen) atoms. The number of carbonyl (C=O) groups excluding carboxylic acids is 2. The van der Waals surface area contributed by atoms with Crippen molar-refractivity contribution in [3.63, 3.8) is 0 Å². The molecule has 0 fully saturated rings. The number of carbonyl (C=O) groups is 2. The minimum Gasteiger partial charge on any atom is -0.402 e. The van der Waals surface area contributed by atoms with Crippen molar-refractivity contribution in [1.82, 2.24) is 0 Å². The third-order valence-electron chi connectivity index (χ3n) is 3.35. The second-order valence-corrected chi connectivity index (χ2v) is 6.04. The lowest BCUT2D eigenvalue weighted by molar-refractivity contribution is -0.129. The maximum atomic E-state index is 12.0. The largest absolute Gasteiger partial charge is 0.402 e. The van der Waals surface area contributed by atoms with Gasteiger partial charge in [0.15, 0.2) is 5.70 Å².